The number of aromatic nitrogens is 1. The predicted octanol–water partition coefficient (Wildman–Crippen LogP) is 2.25. The standard InChI is InChI=1S/C12H14N2O3/c1-7-11(17-12(13)14-7)8-4-5-9(15-2)10(6-8)16-3/h4-6H,1-3H3,(H2,13,14). The first-order chi connectivity index (χ1) is 8.15. The molecule has 2 aromatic rings. The molecule has 90 valence electrons. The summed E-state index contributed by atoms with van der Waals surface area (Å²) in [4.78, 5) is 4.02. The average molecular weight is 234 g/mol. The molecule has 5 nitrogen and oxygen atoms in total. The predicted molar refractivity (Wildman–Crippen MR) is 64.2 cm³/mol. The summed E-state index contributed by atoms with van der Waals surface area (Å²) in [5.74, 6) is 1.95. The van der Waals surface area contributed by atoms with E-state index in [2.05, 4.69) is 4.98 Å². The molecule has 5 heteroatoms. The summed E-state index contributed by atoms with van der Waals surface area (Å²) in [6.45, 7) is 1.84. The molecule has 0 aliphatic rings. The van der Waals surface area contributed by atoms with Crippen LogP contribution in [-0.4, -0.2) is 19.2 Å². The van der Waals surface area contributed by atoms with E-state index >= 15 is 0 Å². The fourth-order valence-corrected chi connectivity index (χ4v) is 1.66. The molecule has 0 saturated heterocycles. The van der Waals surface area contributed by atoms with Gasteiger partial charge in [-0.1, -0.05) is 0 Å². The van der Waals surface area contributed by atoms with Crippen molar-refractivity contribution in [3.05, 3.63) is 23.9 Å². The minimum atomic E-state index is 0.160. The van der Waals surface area contributed by atoms with Crippen LogP contribution in [0.25, 0.3) is 11.3 Å². The highest BCUT2D eigenvalue weighted by Gasteiger charge is 2.12. The second-order valence-corrected chi connectivity index (χ2v) is 3.54. The summed E-state index contributed by atoms with van der Waals surface area (Å²) in [7, 11) is 3.18. The van der Waals surface area contributed by atoms with Crippen LogP contribution in [0.4, 0.5) is 6.01 Å². The number of methoxy groups -OCH3 is 2. The third kappa shape index (κ3) is 2.04. The summed E-state index contributed by atoms with van der Waals surface area (Å²) < 4.78 is 15.7. The van der Waals surface area contributed by atoms with Gasteiger partial charge in [0.15, 0.2) is 17.3 Å². The Morgan fingerprint density at radius 1 is 1.18 bits per heavy atom. The number of rotatable bonds is 3. The molecule has 17 heavy (non-hydrogen) atoms. The third-order valence-electron chi connectivity index (χ3n) is 2.46. The van der Waals surface area contributed by atoms with Gasteiger partial charge >= 0.3 is 0 Å². The van der Waals surface area contributed by atoms with Crippen molar-refractivity contribution in [3.8, 4) is 22.8 Å². The number of nitrogens with two attached hydrogens (primary N) is 1. The lowest BCUT2D eigenvalue weighted by molar-refractivity contribution is 0.355. The molecule has 0 aliphatic heterocycles. The maximum Gasteiger partial charge on any atom is 0.292 e. The molecule has 0 unspecified atom stereocenters. The third-order valence-corrected chi connectivity index (χ3v) is 2.46. The Balaban J connectivity index is 2.50. The molecule has 0 saturated carbocycles. The number of oxazole rings is 1. The van der Waals surface area contributed by atoms with E-state index < -0.39 is 0 Å². The lowest BCUT2D eigenvalue weighted by atomic mass is 10.1. The molecule has 0 atom stereocenters. The van der Waals surface area contributed by atoms with Crippen LogP contribution in [0.3, 0.4) is 0 Å². The van der Waals surface area contributed by atoms with Crippen molar-refractivity contribution in [1.82, 2.24) is 4.98 Å². The maximum absolute atomic E-state index is 5.51. The molecule has 0 amide bonds. The van der Waals surface area contributed by atoms with Gasteiger partial charge in [0.1, 0.15) is 0 Å². The van der Waals surface area contributed by atoms with Crippen LogP contribution in [0.1, 0.15) is 5.69 Å². The number of nitrogen functional groups attached to an aromatic ring is 1. The van der Waals surface area contributed by atoms with Gasteiger partial charge in [0.2, 0.25) is 0 Å². The summed E-state index contributed by atoms with van der Waals surface area (Å²) >= 11 is 0. The number of nitrogens with zero attached hydrogens (tertiary/aromatic N) is 1. The lowest BCUT2D eigenvalue weighted by Crippen LogP contribution is -1.90. The van der Waals surface area contributed by atoms with Gasteiger partial charge in [0, 0.05) is 5.56 Å². The normalized spacial score (nSPS) is 10.3. The van der Waals surface area contributed by atoms with Crippen LogP contribution in [0.5, 0.6) is 11.5 Å². The molecule has 0 spiro atoms. The molecule has 2 rings (SSSR count). The van der Waals surface area contributed by atoms with Gasteiger partial charge in [-0.25, -0.2) is 0 Å². The van der Waals surface area contributed by atoms with Crippen LogP contribution in [0.15, 0.2) is 22.6 Å². The van der Waals surface area contributed by atoms with Gasteiger partial charge in [-0.2, -0.15) is 4.98 Å². The molecule has 0 aliphatic carbocycles. The van der Waals surface area contributed by atoms with Gasteiger partial charge in [-0.05, 0) is 25.1 Å². The number of ether oxygens (including phenoxy) is 2. The quantitative estimate of drug-likeness (QED) is 0.881. The topological polar surface area (TPSA) is 70.5 Å². The van der Waals surface area contributed by atoms with Crippen LogP contribution in [0, 0.1) is 6.92 Å². The molecular formula is C12H14N2O3. The Morgan fingerprint density at radius 2 is 1.88 bits per heavy atom. The first-order valence-electron chi connectivity index (χ1n) is 5.11. The SMILES string of the molecule is COc1ccc(-c2oc(N)nc2C)cc1OC. The van der Waals surface area contributed by atoms with E-state index in [1.165, 1.54) is 0 Å². The Kier molecular flexibility index (Phi) is 2.91. The number of benzene rings is 1. The van der Waals surface area contributed by atoms with Gasteiger partial charge in [0.05, 0.1) is 19.9 Å². The zero-order valence-electron chi connectivity index (χ0n) is 9.98. The van der Waals surface area contributed by atoms with Crippen LogP contribution in [-0.2, 0) is 0 Å². The number of anilines is 1. The molecule has 2 N–H and O–H groups in total. The number of aryl methyl sites for hydroxylation is 1. The molecule has 0 radical (unpaired) electrons. The van der Waals surface area contributed by atoms with Crippen LogP contribution >= 0.6 is 0 Å². The Morgan fingerprint density at radius 3 is 2.41 bits per heavy atom. The van der Waals surface area contributed by atoms with Crippen molar-refractivity contribution in [1.29, 1.82) is 0 Å². The Hall–Kier alpha value is -2.17. The van der Waals surface area contributed by atoms with Gasteiger partial charge in [0.25, 0.3) is 6.01 Å². The number of hydrogen-bond donors (Lipinski definition) is 1. The highest BCUT2D eigenvalue weighted by atomic mass is 16.5. The zero-order chi connectivity index (χ0) is 12.4. The van der Waals surface area contributed by atoms with E-state index in [4.69, 9.17) is 19.6 Å². The highest BCUT2D eigenvalue weighted by molar-refractivity contribution is 5.65. The average Bonchev–Trinajstić information content (AvgIpc) is 2.67. The van der Waals surface area contributed by atoms with Crippen molar-refractivity contribution < 1.29 is 13.9 Å². The highest BCUT2D eigenvalue weighted by Crippen LogP contribution is 2.34. The van der Waals surface area contributed by atoms with E-state index in [-0.39, 0.29) is 6.01 Å². The number of hydrogen-bond acceptors (Lipinski definition) is 5. The first-order valence-corrected chi connectivity index (χ1v) is 5.11. The molecule has 0 bridgehead atoms. The second kappa shape index (κ2) is 4.37. The molecule has 1 aromatic carbocycles. The van der Waals surface area contributed by atoms with Crippen LogP contribution in [0.2, 0.25) is 0 Å². The maximum atomic E-state index is 5.51. The summed E-state index contributed by atoms with van der Waals surface area (Å²) in [5, 5.41) is 0. The smallest absolute Gasteiger partial charge is 0.292 e. The summed E-state index contributed by atoms with van der Waals surface area (Å²) in [6.07, 6.45) is 0. The zero-order valence-corrected chi connectivity index (χ0v) is 9.98. The van der Waals surface area contributed by atoms with Crippen molar-refractivity contribution in [2.75, 3.05) is 20.0 Å². The van der Waals surface area contributed by atoms with Gasteiger partial charge in [-0.3, -0.25) is 0 Å². The molecule has 1 heterocycles. The minimum Gasteiger partial charge on any atom is -0.493 e. The van der Waals surface area contributed by atoms with Crippen molar-refractivity contribution in [2.24, 2.45) is 0 Å². The minimum absolute atomic E-state index is 0.160. The van der Waals surface area contributed by atoms with Crippen molar-refractivity contribution in [2.45, 2.75) is 6.92 Å². The van der Waals surface area contributed by atoms with Crippen molar-refractivity contribution in [3.63, 3.8) is 0 Å². The first kappa shape index (κ1) is 11.3. The molecule has 1 aromatic heterocycles. The van der Waals surface area contributed by atoms with Gasteiger partial charge in [-0.15, -0.1) is 0 Å². The fraction of sp³-hybridized carbons (Fsp3) is 0.250. The van der Waals surface area contributed by atoms with Gasteiger partial charge < -0.3 is 19.6 Å². The Labute approximate surface area is 99.2 Å². The van der Waals surface area contributed by atoms with Crippen molar-refractivity contribution >= 4 is 6.01 Å². The Bertz CT molecular complexity index is 535. The van der Waals surface area contributed by atoms with Crippen LogP contribution < -0.4 is 15.2 Å². The van der Waals surface area contributed by atoms with E-state index in [0.717, 1.165) is 11.3 Å². The van der Waals surface area contributed by atoms with E-state index in [1.54, 1.807) is 14.2 Å². The molecule has 0 fully saturated rings. The summed E-state index contributed by atoms with van der Waals surface area (Å²) in [5.41, 5.74) is 7.11. The lowest BCUT2D eigenvalue weighted by Gasteiger charge is -2.08. The second-order valence-electron chi connectivity index (χ2n) is 3.54. The van der Waals surface area contributed by atoms with E-state index in [0.29, 0.717) is 17.3 Å². The van der Waals surface area contributed by atoms with E-state index in [1.807, 2.05) is 25.1 Å². The fourth-order valence-electron chi connectivity index (χ4n) is 1.66. The monoisotopic (exact) mass is 234 g/mol. The summed E-state index contributed by atoms with van der Waals surface area (Å²) in [6, 6.07) is 5.67. The largest absolute Gasteiger partial charge is 0.493 e. The molecular weight excluding hydrogens is 220 g/mol. The van der Waals surface area contributed by atoms with E-state index in [9.17, 15) is 0 Å².